The van der Waals surface area contributed by atoms with Crippen LogP contribution in [-0.4, -0.2) is 6.61 Å². The highest BCUT2D eigenvalue weighted by Crippen LogP contribution is 2.44. The topological polar surface area (TPSA) is 21.3 Å². The van der Waals surface area contributed by atoms with Crippen molar-refractivity contribution in [3.63, 3.8) is 0 Å². The molecule has 0 saturated carbocycles. The van der Waals surface area contributed by atoms with Crippen LogP contribution < -0.4 is 5.48 Å². The van der Waals surface area contributed by atoms with Crippen molar-refractivity contribution >= 4 is 0 Å². The summed E-state index contributed by atoms with van der Waals surface area (Å²) >= 11 is 0. The number of rotatable bonds is 3. The molecule has 1 aliphatic rings. The molecule has 1 atom stereocenters. The molecule has 0 bridgehead atoms. The maximum atomic E-state index is 5.36. The lowest BCUT2D eigenvalue weighted by atomic mass is 9.86. The molecule has 2 rings (SSSR count). The largest absolute Gasteiger partial charge is 0.301 e. The second kappa shape index (κ2) is 3.95. The summed E-state index contributed by atoms with van der Waals surface area (Å²) in [6, 6.07) is 8.93. The maximum Gasteiger partial charge on any atom is 0.0654 e. The zero-order valence-electron chi connectivity index (χ0n) is 9.71. The van der Waals surface area contributed by atoms with Crippen LogP contribution >= 0.6 is 0 Å². The Labute approximate surface area is 91.6 Å². The van der Waals surface area contributed by atoms with E-state index in [9.17, 15) is 0 Å². The number of benzene rings is 1. The fourth-order valence-corrected chi connectivity index (χ4v) is 2.38. The van der Waals surface area contributed by atoms with E-state index in [2.05, 4.69) is 43.6 Å². The molecule has 1 aromatic rings. The van der Waals surface area contributed by atoms with E-state index in [1.165, 1.54) is 11.1 Å². The van der Waals surface area contributed by atoms with Gasteiger partial charge in [-0.15, -0.1) is 0 Å². The average molecular weight is 205 g/mol. The molecule has 0 heterocycles. The number of nitrogens with one attached hydrogen (secondary N) is 1. The summed E-state index contributed by atoms with van der Waals surface area (Å²) in [6.07, 6.45) is 1.12. The van der Waals surface area contributed by atoms with Crippen LogP contribution in [0.15, 0.2) is 24.3 Å². The summed E-state index contributed by atoms with van der Waals surface area (Å²) in [5.41, 5.74) is 6.24. The standard InChI is InChI=1S/C13H19NO/c1-4-15-14-12-11-8-6-5-7-10(11)9-13(12,2)3/h5-8,12,14H,4,9H2,1-3H3. The smallest absolute Gasteiger partial charge is 0.0654 e. The van der Waals surface area contributed by atoms with E-state index in [4.69, 9.17) is 4.84 Å². The molecule has 0 spiro atoms. The van der Waals surface area contributed by atoms with Crippen LogP contribution in [0.5, 0.6) is 0 Å². The zero-order chi connectivity index (χ0) is 10.9. The van der Waals surface area contributed by atoms with Crippen LogP contribution in [-0.2, 0) is 11.3 Å². The number of hydrogen-bond donors (Lipinski definition) is 1. The van der Waals surface area contributed by atoms with Gasteiger partial charge >= 0.3 is 0 Å². The number of fused-ring (bicyclic) bond motifs is 1. The molecule has 0 aliphatic heterocycles. The van der Waals surface area contributed by atoms with Gasteiger partial charge in [-0.05, 0) is 29.9 Å². The molecule has 0 aromatic heterocycles. The second-order valence-electron chi connectivity index (χ2n) is 4.85. The highest BCUT2D eigenvalue weighted by atomic mass is 16.6. The predicted octanol–water partition coefficient (Wildman–Crippen LogP) is 2.85. The molecule has 1 aliphatic carbocycles. The minimum Gasteiger partial charge on any atom is -0.301 e. The van der Waals surface area contributed by atoms with Gasteiger partial charge in [-0.1, -0.05) is 38.1 Å². The molecule has 1 aromatic carbocycles. The fraction of sp³-hybridized carbons (Fsp3) is 0.538. The summed E-state index contributed by atoms with van der Waals surface area (Å²) in [5, 5.41) is 0. The van der Waals surface area contributed by atoms with E-state index in [0.29, 0.717) is 12.6 Å². The molecule has 0 radical (unpaired) electrons. The van der Waals surface area contributed by atoms with Gasteiger partial charge in [0.2, 0.25) is 0 Å². The quantitative estimate of drug-likeness (QED) is 0.766. The lowest BCUT2D eigenvalue weighted by Gasteiger charge is -2.27. The third-order valence-electron chi connectivity index (χ3n) is 3.14. The van der Waals surface area contributed by atoms with Crippen molar-refractivity contribution in [2.45, 2.75) is 33.2 Å². The Hall–Kier alpha value is -0.860. The van der Waals surface area contributed by atoms with Crippen molar-refractivity contribution in [3.05, 3.63) is 35.4 Å². The van der Waals surface area contributed by atoms with Crippen LogP contribution in [0.2, 0.25) is 0 Å². The Balaban J connectivity index is 2.26. The third-order valence-corrected chi connectivity index (χ3v) is 3.14. The lowest BCUT2D eigenvalue weighted by molar-refractivity contribution is -0.00433. The first kappa shape index (κ1) is 10.7. The van der Waals surface area contributed by atoms with Crippen LogP contribution in [0.4, 0.5) is 0 Å². The van der Waals surface area contributed by atoms with Crippen molar-refractivity contribution in [1.82, 2.24) is 5.48 Å². The van der Waals surface area contributed by atoms with Gasteiger partial charge < -0.3 is 4.84 Å². The van der Waals surface area contributed by atoms with Crippen molar-refractivity contribution in [1.29, 1.82) is 0 Å². The summed E-state index contributed by atoms with van der Waals surface area (Å²) in [7, 11) is 0. The Bertz CT molecular complexity index is 346. The minimum atomic E-state index is 0.235. The van der Waals surface area contributed by atoms with Crippen molar-refractivity contribution < 1.29 is 4.84 Å². The molecule has 15 heavy (non-hydrogen) atoms. The third kappa shape index (κ3) is 1.92. The van der Waals surface area contributed by atoms with Gasteiger partial charge in [-0.25, -0.2) is 0 Å². The van der Waals surface area contributed by atoms with Gasteiger partial charge in [0, 0.05) is 0 Å². The average Bonchev–Trinajstić information content (AvgIpc) is 2.45. The van der Waals surface area contributed by atoms with Crippen molar-refractivity contribution in [2.75, 3.05) is 6.61 Å². The second-order valence-corrected chi connectivity index (χ2v) is 4.85. The molecular formula is C13H19NO. The molecule has 0 fully saturated rings. The Morgan fingerprint density at radius 2 is 2.13 bits per heavy atom. The van der Waals surface area contributed by atoms with Gasteiger partial charge in [0.15, 0.2) is 0 Å². The van der Waals surface area contributed by atoms with Gasteiger partial charge in [0.1, 0.15) is 0 Å². The summed E-state index contributed by atoms with van der Waals surface area (Å²) in [5.74, 6) is 0. The van der Waals surface area contributed by atoms with Crippen LogP contribution in [0.3, 0.4) is 0 Å². The maximum absolute atomic E-state index is 5.36. The Kier molecular flexibility index (Phi) is 2.81. The molecule has 0 saturated heterocycles. The SMILES string of the molecule is CCONC1c2ccccc2CC1(C)C. The molecule has 0 amide bonds. The van der Waals surface area contributed by atoms with E-state index in [1.54, 1.807) is 0 Å². The van der Waals surface area contributed by atoms with Crippen LogP contribution in [0.25, 0.3) is 0 Å². The molecule has 82 valence electrons. The number of hydrogen-bond acceptors (Lipinski definition) is 2. The highest BCUT2D eigenvalue weighted by Gasteiger charge is 2.38. The van der Waals surface area contributed by atoms with Gasteiger partial charge in [-0.3, -0.25) is 0 Å². The van der Waals surface area contributed by atoms with Crippen LogP contribution in [0, 0.1) is 5.41 Å². The first-order valence-electron chi connectivity index (χ1n) is 5.60. The lowest BCUT2D eigenvalue weighted by Crippen LogP contribution is -2.31. The predicted molar refractivity (Wildman–Crippen MR) is 61.4 cm³/mol. The number of hydroxylamine groups is 1. The highest BCUT2D eigenvalue weighted by molar-refractivity contribution is 5.37. The fourth-order valence-electron chi connectivity index (χ4n) is 2.38. The normalized spacial score (nSPS) is 22.7. The molecule has 1 N–H and O–H groups in total. The minimum absolute atomic E-state index is 0.235. The summed E-state index contributed by atoms with van der Waals surface area (Å²) in [4.78, 5) is 5.36. The summed E-state index contributed by atoms with van der Waals surface area (Å²) in [6.45, 7) is 7.27. The zero-order valence-corrected chi connectivity index (χ0v) is 9.71. The Morgan fingerprint density at radius 3 is 2.87 bits per heavy atom. The molecule has 2 heteroatoms. The molecule has 1 unspecified atom stereocenters. The van der Waals surface area contributed by atoms with Gasteiger partial charge in [0.25, 0.3) is 0 Å². The van der Waals surface area contributed by atoms with E-state index in [-0.39, 0.29) is 5.41 Å². The first-order valence-corrected chi connectivity index (χ1v) is 5.60. The van der Waals surface area contributed by atoms with Gasteiger partial charge in [0.05, 0.1) is 12.6 Å². The van der Waals surface area contributed by atoms with Gasteiger partial charge in [-0.2, -0.15) is 5.48 Å². The first-order chi connectivity index (χ1) is 7.15. The van der Waals surface area contributed by atoms with E-state index in [1.807, 2.05) is 6.92 Å². The monoisotopic (exact) mass is 205 g/mol. The van der Waals surface area contributed by atoms with E-state index in [0.717, 1.165) is 6.42 Å². The molecular weight excluding hydrogens is 186 g/mol. The van der Waals surface area contributed by atoms with Crippen LogP contribution in [0.1, 0.15) is 37.9 Å². The van der Waals surface area contributed by atoms with Crippen molar-refractivity contribution in [2.24, 2.45) is 5.41 Å². The van der Waals surface area contributed by atoms with Crippen molar-refractivity contribution in [3.8, 4) is 0 Å². The summed E-state index contributed by atoms with van der Waals surface area (Å²) < 4.78 is 0. The van der Waals surface area contributed by atoms with E-state index < -0.39 is 0 Å². The van der Waals surface area contributed by atoms with E-state index >= 15 is 0 Å². The Morgan fingerprint density at radius 1 is 1.40 bits per heavy atom. The molecule has 2 nitrogen and oxygen atoms in total.